The van der Waals surface area contributed by atoms with Gasteiger partial charge in [0.05, 0.1) is 0 Å². The maximum absolute atomic E-state index is 5.87. The molecule has 1 fully saturated rings. The zero-order valence-corrected chi connectivity index (χ0v) is 10.4. The number of rotatable bonds is 2. The van der Waals surface area contributed by atoms with Crippen molar-refractivity contribution in [3.05, 3.63) is 11.6 Å². The molecule has 5 nitrogen and oxygen atoms in total. The number of hydrogen-bond acceptors (Lipinski definition) is 4. The van der Waals surface area contributed by atoms with E-state index in [-0.39, 0.29) is 5.60 Å². The lowest BCUT2D eigenvalue weighted by Crippen LogP contribution is -2.32. The van der Waals surface area contributed by atoms with Gasteiger partial charge in [-0.2, -0.15) is 0 Å². The lowest BCUT2D eigenvalue weighted by molar-refractivity contribution is 0.00514. The van der Waals surface area contributed by atoms with Crippen molar-refractivity contribution in [3.8, 4) is 0 Å². The van der Waals surface area contributed by atoms with Crippen LogP contribution in [0.5, 0.6) is 0 Å². The molecule has 0 aliphatic carbocycles. The molecule has 0 amide bonds. The predicted octanol–water partition coefficient (Wildman–Crippen LogP) is 0.825. The third-order valence-electron chi connectivity index (χ3n) is 4.07. The molecular weight excluding hydrogens is 216 g/mol. The minimum Gasteiger partial charge on any atom is -0.367 e. The summed E-state index contributed by atoms with van der Waals surface area (Å²) in [6.07, 6.45) is 4.27. The number of nitrogens with two attached hydrogens (primary N) is 1. The molecular formula is C12H20N4O. The van der Waals surface area contributed by atoms with Crippen LogP contribution in [0.2, 0.25) is 0 Å². The first-order valence-corrected chi connectivity index (χ1v) is 6.49. The second kappa shape index (κ2) is 4.07. The molecule has 1 saturated heterocycles. The van der Waals surface area contributed by atoms with Gasteiger partial charge in [-0.05, 0) is 38.6 Å². The van der Waals surface area contributed by atoms with Gasteiger partial charge in [0.15, 0.2) is 5.82 Å². The number of hydrogen-bond donors (Lipinski definition) is 1. The molecule has 1 aromatic heterocycles. The van der Waals surface area contributed by atoms with Crippen molar-refractivity contribution in [1.82, 2.24) is 14.8 Å². The van der Waals surface area contributed by atoms with Gasteiger partial charge in [-0.15, -0.1) is 10.2 Å². The van der Waals surface area contributed by atoms with Gasteiger partial charge < -0.3 is 15.0 Å². The highest BCUT2D eigenvalue weighted by Crippen LogP contribution is 2.36. The molecule has 2 atom stereocenters. The second-order valence-corrected chi connectivity index (χ2v) is 5.37. The van der Waals surface area contributed by atoms with E-state index in [0.717, 1.165) is 57.0 Å². The maximum Gasteiger partial charge on any atom is 0.165 e. The van der Waals surface area contributed by atoms with E-state index in [0.29, 0.717) is 5.92 Å². The molecule has 2 N–H and O–H groups in total. The number of nitrogens with zero attached hydrogens (tertiary/aromatic N) is 3. The van der Waals surface area contributed by atoms with Crippen LogP contribution in [0.3, 0.4) is 0 Å². The molecule has 1 aromatic rings. The van der Waals surface area contributed by atoms with Gasteiger partial charge in [0.1, 0.15) is 11.4 Å². The van der Waals surface area contributed by atoms with Crippen LogP contribution in [0.25, 0.3) is 0 Å². The van der Waals surface area contributed by atoms with Crippen molar-refractivity contribution in [1.29, 1.82) is 0 Å². The Hall–Kier alpha value is -0.940. The van der Waals surface area contributed by atoms with Gasteiger partial charge in [0.2, 0.25) is 0 Å². The molecule has 2 aliphatic heterocycles. The van der Waals surface area contributed by atoms with E-state index < -0.39 is 0 Å². The van der Waals surface area contributed by atoms with Gasteiger partial charge in [0.25, 0.3) is 0 Å². The van der Waals surface area contributed by atoms with Crippen LogP contribution < -0.4 is 5.73 Å². The number of ether oxygens (including phenoxy) is 1. The summed E-state index contributed by atoms with van der Waals surface area (Å²) in [7, 11) is 0. The molecule has 3 rings (SSSR count). The minimum atomic E-state index is -0.234. The van der Waals surface area contributed by atoms with Crippen LogP contribution in [-0.2, 0) is 23.3 Å². The Morgan fingerprint density at radius 1 is 1.53 bits per heavy atom. The summed E-state index contributed by atoms with van der Waals surface area (Å²) < 4.78 is 8.11. The third kappa shape index (κ3) is 1.77. The summed E-state index contributed by atoms with van der Waals surface area (Å²) in [5.74, 6) is 2.66. The number of fused-ring (bicyclic) bond motifs is 1. The van der Waals surface area contributed by atoms with E-state index >= 15 is 0 Å². The molecule has 0 bridgehead atoms. The fourth-order valence-electron chi connectivity index (χ4n) is 2.93. The van der Waals surface area contributed by atoms with Crippen LogP contribution in [-0.4, -0.2) is 27.9 Å². The van der Waals surface area contributed by atoms with Gasteiger partial charge >= 0.3 is 0 Å². The van der Waals surface area contributed by atoms with Crippen LogP contribution >= 0.6 is 0 Å². The molecule has 3 heterocycles. The normalized spacial score (nSPS) is 32.7. The van der Waals surface area contributed by atoms with Crippen molar-refractivity contribution in [3.63, 3.8) is 0 Å². The van der Waals surface area contributed by atoms with E-state index in [2.05, 4.69) is 21.7 Å². The Morgan fingerprint density at radius 3 is 3.12 bits per heavy atom. The third-order valence-corrected chi connectivity index (χ3v) is 4.07. The van der Waals surface area contributed by atoms with Crippen LogP contribution in [0, 0.1) is 5.92 Å². The summed E-state index contributed by atoms with van der Waals surface area (Å²) in [5.41, 5.74) is 5.55. The topological polar surface area (TPSA) is 66.0 Å². The Labute approximate surface area is 101 Å². The fourth-order valence-corrected chi connectivity index (χ4v) is 2.93. The molecule has 94 valence electrons. The fraction of sp³-hybridized carbons (Fsp3) is 0.833. The monoisotopic (exact) mass is 236 g/mol. The van der Waals surface area contributed by atoms with Crippen molar-refractivity contribution in [2.75, 3.05) is 13.2 Å². The van der Waals surface area contributed by atoms with E-state index in [9.17, 15) is 0 Å². The second-order valence-electron chi connectivity index (χ2n) is 5.37. The number of aryl methyl sites for hydroxylation is 1. The summed E-state index contributed by atoms with van der Waals surface area (Å²) in [6, 6.07) is 0. The van der Waals surface area contributed by atoms with Crippen molar-refractivity contribution in [2.24, 2.45) is 11.7 Å². The zero-order chi connectivity index (χ0) is 11.9. The van der Waals surface area contributed by atoms with Gasteiger partial charge in [-0.3, -0.25) is 0 Å². The van der Waals surface area contributed by atoms with Gasteiger partial charge in [-0.1, -0.05) is 0 Å². The zero-order valence-electron chi connectivity index (χ0n) is 10.4. The average Bonchev–Trinajstić information content (AvgIpc) is 2.95. The first-order chi connectivity index (χ1) is 8.23. The van der Waals surface area contributed by atoms with Crippen molar-refractivity contribution >= 4 is 0 Å². The highest BCUT2D eigenvalue weighted by Gasteiger charge is 2.38. The standard InChI is InChI=1S/C12H20N4O/c1-12(5-2-6-17-12)11-15-14-10-4-3-9(7-13)8-16(10)11/h9H,2-8,13H2,1H3. The lowest BCUT2D eigenvalue weighted by atomic mass is 9.97. The molecule has 0 spiro atoms. The molecule has 0 aromatic carbocycles. The Bertz CT molecular complexity index is 409. The van der Waals surface area contributed by atoms with Crippen LogP contribution in [0.15, 0.2) is 0 Å². The van der Waals surface area contributed by atoms with E-state index in [1.165, 1.54) is 0 Å². The average molecular weight is 236 g/mol. The van der Waals surface area contributed by atoms with E-state index in [1.54, 1.807) is 0 Å². The largest absolute Gasteiger partial charge is 0.367 e. The van der Waals surface area contributed by atoms with E-state index in [1.807, 2.05) is 0 Å². The highest BCUT2D eigenvalue weighted by molar-refractivity contribution is 5.09. The minimum absolute atomic E-state index is 0.234. The molecule has 0 saturated carbocycles. The van der Waals surface area contributed by atoms with Crippen LogP contribution in [0.4, 0.5) is 0 Å². The molecule has 0 radical (unpaired) electrons. The lowest BCUT2D eigenvalue weighted by Gasteiger charge is -2.28. The summed E-state index contributed by atoms with van der Waals surface area (Å²) in [6.45, 7) is 4.66. The Morgan fingerprint density at radius 2 is 2.41 bits per heavy atom. The van der Waals surface area contributed by atoms with Crippen molar-refractivity contribution < 1.29 is 4.74 Å². The summed E-state index contributed by atoms with van der Waals surface area (Å²) >= 11 is 0. The summed E-state index contributed by atoms with van der Waals surface area (Å²) in [5, 5.41) is 8.67. The predicted molar refractivity (Wildman–Crippen MR) is 63.4 cm³/mol. The first kappa shape index (κ1) is 11.2. The molecule has 17 heavy (non-hydrogen) atoms. The van der Waals surface area contributed by atoms with Gasteiger partial charge in [-0.25, -0.2) is 0 Å². The SMILES string of the molecule is CC1(c2nnc3n2CC(CN)CC3)CCCO1. The highest BCUT2D eigenvalue weighted by atomic mass is 16.5. The maximum atomic E-state index is 5.87. The molecule has 2 aliphatic rings. The molecule has 5 heteroatoms. The Kier molecular flexibility index (Phi) is 2.67. The number of aromatic nitrogens is 3. The van der Waals surface area contributed by atoms with Crippen molar-refractivity contribution in [2.45, 2.75) is 44.8 Å². The van der Waals surface area contributed by atoms with Gasteiger partial charge in [0, 0.05) is 19.6 Å². The quantitative estimate of drug-likeness (QED) is 0.825. The van der Waals surface area contributed by atoms with Crippen LogP contribution in [0.1, 0.15) is 37.8 Å². The molecule has 2 unspecified atom stereocenters. The smallest absolute Gasteiger partial charge is 0.165 e. The Balaban J connectivity index is 1.94. The van der Waals surface area contributed by atoms with E-state index in [4.69, 9.17) is 10.5 Å². The summed E-state index contributed by atoms with van der Waals surface area (Å²) in [4.78, 5) is 0. The first-order valence-electron chi connectivity index (χ1n) is 6.49.